The Morgan fingerprint density at radius 1 is 1.04 bits per heavy atom. The fourth-order valence-corrected chi connectivity index (χ4v) is 2.60. The van der Waals surface area contributed by atoms with Gasteiger partial charge < -0.3 is 10.1 Å². The van der Waals surface area contributed by atoms with Crippen molar-refractivity contribution >= 4 is 35.1 Å². The van der Waals surface area contributed by atoms with E-state index >= 15 is 0 Å². The quantitative estimate of drug-likeness (QED) is 0.792. The maximum Gasteiger partial charge on any atom is 0.311 e. The molecule has 0 aliphatic carbocycles. The minimum absolute atomic E-state index is 0.0885. The number of esters is 1. The van der Waals surface area contributed by atoms with Crippen LogP contribution in [0.5, 0.6) is 0 Å². The van der Waals surface area contributed by atoms with Gasteiger partial charge in [-0.1, -0.05) is 59.6 Å². The van der Waals surface area contributed by atoms with Crippen molar-refractivity contribution < 1.29 is 14.3 Å². The van der Waals surface area contributed by atoms with Gasteiger partial charge in [-0.3, -0.25) is 9.59 Å². The normalized spacial score (nSPS) is 11.6. The summed E-state index contributed by atoms with van der Waals surface area (Å²) in [6.07, 6.45) is -0.989. The first-order valence-electron chi connectivity index (χ1n) is 7.41. The molecule has 1 N–H and O–H groups in total. The van der Waals surface area contributed by atoms with Gasteiger partial charge in [0.15, 0.2) is 6.10 Å². The van der Waals surface area contributed by atoms with Crippen LogP contribution in [-0.2, 0) is 27.3 Å². The van der Waals surface area contributed by atoms with Crippen molar-refractivity contribution in [3.05, 3.63) is 69.7 Å². The summed E-state index contributed by atoms with van der Waals surface area (Å²) in [6, 6.07) is 14.5. The molecule has 0 heterocycles. The summed E-state index contributed by atoms with van der Waals surface area (Å²) in [5.74, 6) is -0.926. The number of amides is 1. The molecule has 0 aromatic heterocycles. The van der Waals surface area contributed by atoms with Crippen molar-refractivity contribution in [2.24, 2.45) is 0 Å². The molecule has 2 aromatic carbocycles. The van der Waals surface area contributed by atoms with Crippen LogP contribution in [0.1, 0.15) is 18.1 Å². The first-order valence-corrected chi connectivity index (χ1v) is 8.17. The fourth-order valence-electron chi connectivity index (χ4n) is 2.07. The summed E-state index contributed by atoms with van der Waals surface area (Å²) < 4.78 is 5.15. The maximum atomic E-state index is 12.0. The number of benzene rings is 2. The van der Waals surface area contributed by atoms with E-state index in [0.29, 0.717) is 22.2 Å². The predicted molar refractivity (Wildman–Crippen MR) is 94.0 cm³/mol. The van der Waals surface area contributed by atoms with E-state index in [-0.39, 0.29) is 12.3 Å². The van der Waals surface area contributed by atoms with E-state index in [1.54, 1.807) is 18.2 Å². The zero-order valence-corrected chi connectivity index (χ0v) is 14.6. The van der Waals surface area contributed by atoms with E-state index in [9.17, 15) is 9.59 Å². The second-order valence-corrected chi connectivity index (χ2v) is 6.03. The largest absolute Gasteiger partial charge is 0.452 e. The van der Waals surface area contributed by atoms with Gasteiger partial charge in [0, 0.05) is 22.2 Å². The zero-order valence-electron chi connectivity index (χ0n) is 13.1. The van der Waals surface area contributed by atoms with E-state index in [1.807, 2.05) is 30.3 Å². The van der Waals surface area contributed by atoms with Gasteiger partial charge in [0.2, 0.25) is 0 Å². The topological polar surface area (TPSA) is 55.4 Å². The van der Waals surface area contributed by atoms with E-state index < -0.39 is 12.1 Å². The highest BCUT2D eigenvalue weighted by atomic mass is 35.5. The summed E-state index contributed by atoms with van der Waals surface area (Å²) >= 11 is 12.0. The van der Waals surface area contributed by atoms with Crippen molar-refractivity contribution in [1.82, 2.24) is 5.32 Å². The molecule has 0 unspecified atom stereocenters. The molecule has 0 spiro atoms. The van der Waals surface area contributed by atoms with Gasteiger partial charge in [0.25, 0.3) is 5.91 Å². The molecule has 0 saturated carbocycles. The third kappa shape index (κ3) is 5.25. The van der Waals surface area contributed by atoms with Crippen molar-refractivity contribution in [3.8, 4) is 0 Å². The molecule has 0 radical (unpaired) electrons. The van der Waals surface area contributed by atoms with Crippen LogP contribution < -0.4 is 5.32 Å². The average Bonchev–Trinajstić information content (AvgIpc) is 2.57. The lowest BCUT2D eigenvalue weighted by molar-refractivity contribution is -0.154. The number of carbonyl (C=O) groups is 2. The van der Waals surface area contributed by atoms with Crippen LogP contribution in [0.15, 0.2) is 48.5 Å². The van der Waals surface area contributed by atoms with Crippen molar-refractivity contribution in [3.63, 3.8) is 0 Å². The molecule has 0 aliphatic rings. The van der Waals surface area contributed by atoms with Crippen LogP contribution in [0.25, 0.3) is 0 Å². The highest BCUT2D eigenvalue weighted by Crippen LogP contribution is 2.25. The van der Waals surface area contributed by atoms with Gasteiger partial charge in [-0.25, -0.2) is 0 Å². The number of ether oxygens (including phenoxy) is 1. The van der Waals surface area contributed by atoms with E-state index in [1.165, 1.54) is 6.92 Å². The number of rotatable bonds is 6. The molecule has 6 heteroatoms. The third-order valence-electron chi connectivity index (χ3n) is 3.37. The van der Waals surface area contributed by atoms with Crippen molar-refractivity contribution in [1.29, 1.82) is 0 Å². The standard InChI is InChI=1S/C18H17Cl2NO3/c1-12(18(23)21-11-13-6-3-2-4-7-13)24-17(22)10-14-15(19)8-5-9-16(14)20/h2-9,12H,10-11H2,1H3,(H,21,23)/t12-/m1/s1. The summed E-state index contributed by atoms with van der Waals surface area (Å²) in [5, 5.41) is 3.50. The van der Waals surface area contributed by atoms with Crippen LogP contribution >= 0.6 is 23.2 Å². The molecule has 0 bridgehead atoms. The monoisotopic (exact) mass is 365 g/mol. The molecule has 0 saturated heterocycles. The first kappa shape index (κ1) is 18.3. The van der Waals surface area contributed by atoms with Crippen LogP contribution in [-0.4, -0.2) is 18.0 Å². The molecule has 1 amide bonds. The van der Waals surface area contributed by atoms with Gasteiger partial charge >= 0.3 is 5.97 Å². The van der Waals surface area contributed by atoms with Gasteiger partial charge in [0.1, 0.15) is 0 Å². The molecule has 2 aromatic rings. The second-order valence-electron chi connectivity index (χ2n) is 5.21. The van der Waals surface area contributed by atoms with Gasteiger partial charge in [-0.2, -0.15) is 0 Å². The molecule has 1 atom stereocenters. The fraction of sp³-hybridized carbons (Fsp3) is 0.222. The zero-order chi connectivity index (χ0) is 17.5. The molecular formula is C18H17Cl2NO3. The van der Waals surface area contributed by atoms with Crippen molar-refractivity contribution in [2.45, 2.75) is 26.0 Å². The summed E-state index contributed by atoms with van der Waals surface area (Å²) in [4.78, 5) is 24.0. The minimum atomic E-state index is -0.900. The van der Waals surface area contributed by atoms with Gasteiger partial charge in [0.05, 0.1) is 6.42 Å². The molecule has 0 aliphatic heterocycles. The predicted octanol–water partition coefficient (Wildman–Crippen LogP) is 3.78. The Kier molecular flexibility index (Phi) is 6.64. The number of nitrogens with one attached hydrogen (secondary N) is 1. The highest BCUT2D eigenvalue weighted by Gasteiger charge is 2.19. The Labute approximate surface area is 150 Å². The maximum absolute atomic E-state index is 12.0. The summed E-state index contributed by atoms with van der Waals surface area (Å²) in [6.45, 7) is 1.89. The van der Waals surface area contributed by atoms with Crippen LogP contribution in [0.4, 0.5) is 0 Å². The summed E-state index contributed by atoms with van der Waals surface area (Å²) in [7, 11) is 0. The second kappa shape index (κ2) is 8.71. The number of hydrogen-bond acceptors (Lipinski definition) is 3. The molecule has 126 valence electrons. The van der Waals surface area contributed by atoms with E-state index in [0.717, 1.165) is 5.56 Å². The van der Waals surface area contributed by atoms with E-state index in [4.69, 9.17) is 27.9 Å². The Balaban J connectivity index is 1.85. The number of carbonyl (C=O) groups excluding carboxylic acids is 2. The SMILES string of the molecule is C[C@@H](OC(=O)Cc1c(Cl)cccc1Cl)C(=O)NCc1ccccc1. The van der Waals surface area contributed by atoms with E-state index in [2.05, 4.69) is 5.32 Å². The number of halogens is 2. The molecule has 2 rings (SSSR count). The Bertz CT molecular complexity index is 699. The lowest BCUT2D eigenvalue weighted by Crippen LogP contribution is -2.35. The Hall–Kier alpha value is -2.04. The van der Waals surface area contributed by atoms with Gasteiger partial charge in [-0.05, 0) is 24.6 Å². The third-order valence-corrected chi connectivity index (χ3v) is 4.08. The molecule has 0 fully saturated rings. The Morgan fingerprint density at radius 3 is 2.29 bits per heavy atom. The summed E-state index contributed by atoms with van der Waals surface area (Å²) in [5.41, 5.74) is 1.45. The lowest BCUT2D eigenvalue weighted by atomic mass is 10.1. The smallest absolute Gasteiger partial charge is 0.311 e. The van der Waals surface area contributed by atoms with Gasteiger partial charge in [-0.15, -0.1) is 0 Å². The minimum Gasteiger partial charge on any atom is -0.452 e. The van der Waals surface area contributed by atoms with Crippen molar-refractivity contribution in [2.75, 3.05) is 0 Å². The van der Waals surface area contributed by atoms with Crippen LogP contribution in [0.3, 0.4) is 0 Å². The lowest BCUT2D eigenvalue weighted by Gasteiger charge is -2.14. The Morgan fingerprint density at radius 2 is 1.67 bits per heavy atom. The molecular weight excluding hydrogens is 349 g/mol. The highest BCUT2D eigenvalue weighted by molar-refractivity contribution is 6.36. The average molecular weight is 366 g/mol. The number of hydrogen-bond donors (Lipinski definition) is 1. The van der Waals surface area contributed by atoms with Crippen LogP contribution in [0, 0.1) is 0 Å². The molecule has 24 heavy (non-hydrogen) atoms. The first-order chi connectivity index (χ1) is 11.5. The molecule has 4 nitrogen and oxygen atoms in total. The van der Waals surface area contributed by atoms with Crippen LogP contribution in [0.2, 0.25) is 10.0 Å².